The smallest absolute Gasteiger partial charge is 0.230 e. The molecule has 128 valence electrons. The van der Waals surface area contributed by atoms with Gasteiger partial charge in [0, 0.05) is 25.6 Å². The summed E-state index contributed by atoms with van der Waals surface area (Å²) in [6.07, 6.45) is 6.27. The second kappa shape index (κ2) is 6.45. The molecule has 4 rings (SSSR count). The van der Waals surface area contributed by atoms with Gasteiger partial charge in [-0.15, -0.1) is 11.3 Å². The normalized spacial score (nSPS) is 21.5. The van der Waals surface area contributed by atoms with E-state index in [0.29, 0.717) is 18.4 Å². The summed E-state index contributed by atoms with van der Waals surface area (Å²) in [5.41, 5.74) is 6.82. The first-order valence-electron chi connectivity index (χ1n) is 9.07. The first-order chi connectivity index (χ1) is 11.7. The lowest BCUT2D eigenvalue weighted by molar-refractivity contribution is -0.142. The van der Waals surface area contributed by atoms with Crippen molar-refractivity contribution in [2.75, 3.05) is 19.6 Å². The molecule has 1 aliphatic heterocycles. The number of piperidine rings is 1. The van der Waals surface area contributed by atoms with Crippen LogP contribution in [0.5, 0.6) is 0 Å². The Morgan fingerprint density at radius 1 is 1.25 bits per heavy atom. The molecule has 1 saturated carbocycles. The molecule has 4 nitrogen and oxygen atoms in total. The van der Waals surface area contributed by atoms with Crippen LogP contribution in [0.15, 0.2) is 24.3 Å². The van der Waals surface area contributed by atoms with Crippen LogP contribution in [-0.2, 0) is 4.79 Å². The summed E-state index contributed by atoms with van der Waals surface area (Å²) >= 11 is 1.81. The zero-order chi connectivity index (χ0) is 16.6. The van der Waals surface area contributed by atoms with Gasteiger partial charge in [0.15, 0.2) is 0 Å². The van der Waals surface area contributed by atoms with Crippen molar-refractivity contribution in [2.45, 2.75) is 44.4 Å². The molecule has 1 amide bonds. The number of nitrogens with two attached hydrogens (primary N) is 1. The first kappa shape index (κ1) is 16.0. The Morgan fingerprint density at radius 2 is 1.96 bits per heavy atom. The van der Waals surface area contributed by atoms with Gasteiger partial charge in [-0.05, 0) is 37.8 Å². The number of hydrogen-bond acceptors (Lipinski definition) is 4. The van der Waals surface area contributed by atoms with E-state index < -0.39 is 0 Å². The topological polar surface area (TPSA) is 59.2 Å². The summed E-state index contributed by atoms with van der Waals surface area (Å²) in [4.78, 5) is 19.9. The predicted octanol–water partition coefficient (Wildman–Crippen LogP) is 3.52. The fourth-order valence-corrected chi connectivity index (χ4v) is 5.42. The quantitative estimate of drug-likeness (QED) is 0.927. The van der Waals surface area contributed by atoms with Crippen LogP contribution in [0.25, 0.3) is 10.2 Å². The number of rotatable bonds is 3. The van der Waals surface area contributed by atoms with Gasteiger partial charge in [0.2, 0.25) is 5.91 Å². The zero-order valence-corrected chi connectivity index (χ0v) is 14.9. The summed E-state index contributed by atoms with van der Waals surface area (Å²) in [6, 6.07) is 8.33. The van der Waals surface area contributed by atoms with Gasteiger partial charge in [-0.25, -0.2) is 4.98 Å². The van der Waals surface area contributed by atoms with Crippen LogP contribution in [0.4, 0.5) is 0 Å². The summed E-state index contributed by atoms with van der Waals surface area (Å²) in [7, 11) is 0. The van der Waals surface area contributed by atoms with E-state index in [-0.39, 0.29) is 5.41 Å². The van der Waals surface area contributed by atoms with Crippen LogP contribution in [0.1, 0.15) is 49.5 Å². The number of likely N-dealkylation sites (tertiary alicyclic amines) is 1. The van der Waals surface area contributed by atoms with E-state index in [1.54, 1.807) is 0 Å². The van der Waals surface area contributed by atoms with Crippen LogP contribution in [0.3, 0.4) is 0 Å². The van der Waals surface area contributed by atoms with Crippen LogP contribution in [-0.4, -0.2) is 35.4 Å². The highest BCUT2D eigenvalue weighted by Crippen LogP contribution is 2.40. The van der Waals surface area contributed by atoms with Crippen molar-refractivity contribution in [1.82, 2.24) is 9.88 Å². The monoisotopic (exact) mass is 343 g/mol. The molecule has 2 heterocycles. The Hall–Kier alpha value is -1.46. The van der Waals surface area contributed by atoms with Crippen LogP contribution in [0, 0.1) is 5.41 Å². The summed E-state index contributed by atoms with van der Waals surface area (Å²) in [5.74, 6) is 0.800. The van der Waals surface area contributed by atoms with Crippen molar-refractivity contribution in [3.63, 3.8) is 0 Å². The first-order valence-corrected chi connectivity index (χ1v) is 9.88. The molecule has 1 aliphatic carbocycles. The lowest BCUT2D eigenvalue weighted by Crippen LogP contribution is -2.49. The molecule has 0 atom stereocenters. The standard InChI is InChI=1S/C19H25N3OS/c20-13-19(9-3-4-10-19)18(23)22-11-7-14(8-12-22)17-21-15-5-1-2-6-16(15)24-17/h1-2,5-6,14H,3-4,7-13,20H2. The van der Waals surface area contributed by atoms with E-state index in [1.165, 1.54) is 9.71 Å². The fraction of sp³-hybridized carbons (Fsp3) is 0.579. The molecule has 5 heteroatoms. The number of amides is 1. The van der Waals surface area contributed by atoms with Gasteiger partial charge < -0.3 is 10.6 Å². The summed E-state index contributed by atoms with van der Waals surface area (Å²) < 4.78 is 1.26. The van der Waals surface area contributed by atoms with E-state index in [0.717, 1.165) is 57.1 Å². The molecule has 2 aromatic rings. The third-order valence-corrected chi connectivity index (χ3v) is 7.05. The third-order valence-electron chi connectivity index (χ3n) is 5.85. The van der Waals surface area contributed by atoms with E-state index in [2.05, 4.69) is 23.1 Å². The molecule has 2 aliphatic rings. The van der Waals surface area contributed by atoms with E-state index in [1.807, 2.05) is 17.4 Å². The number of benzene rings is 1. The molecular weight excluding hydrogens is 318 g/mol. The Bertz CT molecular complexity index is 694. The molecule has 1 saturated heterocycles. The van der Waals surface area contributed by atoms with Gasteiger partial charge in [-0.3, -0.25) is 4.79 Å². The molecule has 1 aromatic heterocycles. The van der Waals surface area contributed by atoms with E-state index in [9.17, 15) is 4.79 Å². The number of para-hydroxylation sites is 1. The SMILES string of the molecule is NCC1(C(=O)N2CCC(c3nc4ccccc4s3)CC2)CCCC1. The maximum atomic E-state index is 13.0. The number of carbonyl (C=O) groups excluding carboxylic acids is 1. The van der Waals surface area contributed by atoms with Gasteiger partial charge in [-0.1, -0.05) is 25.0 Å². The third kappa shape index (κ3) is 2.74. The largest absolute Gasteiger partial charge is 0.342 e. The minimum atomic E-state index is -0.261. The van der Waals surface area contributed by atoms with Crippen molar-refractivity contribution < 1.29 is 4.79 Å². The predicted molar refractivity (Wildman–Crippen MR) is 98.1 cm³/mol. The molecule has 0 bridgehead atoms. The van der Waals surface area contributed by atoms with Crippen molar-refractivity contribution in [2.24, 2.45) is 11.1 Å². The highest BCUT2D eigenvalue weighted by atomic mass is 32.1. The minimum absolute atomic E-state index is 0.261. The zero-order valence-electron chi connectivity index (χ0n) is 14.0. The minimum Gasteiger partial charge on any atom is -0.342 e. The van der Waals surface area contributed by atoms with Gasteiger partial charge in [0.25, 0.3) is 0 Å². The summed E-state index contributed by atoms with van der Waals surface area (Å²) in [5, 5.41) is 1.23. The summed E-state index contributed by atoms with van der Waals surface area (Å²) in [6.45, 7) is 2.20. The molecule has 24 heavy (non-hydrogen) atoms. The second-order valence-electron chi connectivity index (χ2n) is 7.28. The molecule has 0 radical (unpaired) electrons. The maximum Gasteiger partial charge on any atom is 0.230 e. The Morgan fingerprint density at radius 3 is 2.62 bits per heavy atom. The number of fused-ring (bicyclic) bond motifs is 1. The Labute approximate surface area is 147 Å². The number of carbonyl (C=O) groups is 1. The van der Waals surface area contributed by atoms with Crippen molar-refractivity contribution >= 4 is 27.5 Å². The average Bonchev–Trinajstić information content (AvgIpc) is 3.28. The second-order valence-corrected chi connectivity index (χ2v) is 8.34. The van der Waals surface area contributed by atoms with E-state index >= 15 is 0 Å². The molecule has 2 N–H and O–H groups in total. The molecule has 0 unspecified atom stereocenters. The van der Waals surface area contributed by atoms with Gasteiger partial charge in [0.1, 0.15) is 0 Å². The maximum absolute atomic E-state index is 13.0. The van der Waals surface area contributed by atoms with Crippen molar-refractivity contribution in [3.8, 4) is 0 Å². The molecule has 2 fully saturated rings. The highest BCUT2D eigenvalue weighted by molar-refractivity contribution is 7.18. The number of thiazole rings is 1. The lowest BCUT2D eigenvalue weighted by atomic mass is 9.83. The fourth-order valence-electron chi connectivity index (χ4n) is 4.29. The van der Waals surface area contributed by atoms with Gasteiger partial charge in [-0.2, -0.15) is 0 Å². The molecular formula is C19H25N3OS. The van der Waals surface area contributed by atoms with Gasteiger partial charge in [0.05, 0.1) is 20.6 Å². The van der Waals surface area contributed by atoms with Crippen LogP contribution >= 0.6 is 11.3 Å². The van der Waals surface area contributed by atoms with E-state index in [4.69, 9.17) is 10.7 Å². The number of nitrogens with zero attached hydrogens (tertiary/aromatic N) is 2. The molecule has 1 aromatic carbocycles. The molecule has 0 spiro atoms. The Kier molecular flexibility index (Phi) is 4.31. The lowest BCUT2D eigenvalue weighted by Gasteiger charge is -2.37. The number of hydrogen-bond donors (Lipinski definition) is 1. The van der Waals surface area contributed by atoms with Crippen molar-refractivity contribution in [3.05, 3.63) is 29.3 Å². The van der Waals surface area contributed by atoms with Crippen LogP contribution < -0.4 is 5.73 Å². The van der Waals surface area contributed by atoms with Crippen molar-refractivity contribution in [1.29, 1.82) is 0 Å². The highest BCUT2D eigenvalue weighted by Gasteiger charge is 2.43. The number of aromatic nitrogens is 1. The average molecular weight is 343 g/mol. The van der Waals surface area contributed by atoms with Crippen LogP contribution in [0.2, 0.25) is 0 Å². The van der Waals surface area contributed by atoms with Gasteiger partial charge >= 0.3 is 0 Å². The Balaban J connectivity index is 1.44.